The van der Waals surface area contributed by atoms with Gasteiger partial charge in [0.15, 0.2) is 0 Å². The highest BCUT2D eigenvalue weighted by Gasteiger charge is 2.36. The van der Waals surface area contributed by atoms with Crippen molar-refractivity contribution >= 4 is 16.8 Å². The lowest BCUT2D eigenvalue weighted by Gasteiger charge is -2.17. The Hall–Kier alpha value is -2.14. The number of aromatic nitrogens is 1. The van der Waals surface area contributed by atoms with E-state index < -0.39 is 0 Å². The predicted molar refractivity (Wildman–Crippen MR) is 99.1 cm³/mol. The molecule has 2 aliphatic heterocycles. The van der Waals surface area contributed by atoms with E-state index in [4.69, 9.17) is 0 Å². The highest BCUT2D eigenvalue weighted by atomic mass is 16.2. The third kappa shape index (κ3) is 2.86. The average Bonchev–Trinajstić information content (AvgIpc) is 3.15. The molecule has 5 heteroatoms. The topological polar surface area (TPSA) is 54.3 Å². The molecule has 2 atom stereocenters. The van der Waals surface area contributed by atoms with Crippen molar-refractivity contribution in [2.24, 2.45) is 0 Å². The lowest BCUT2D eigenvalue weighted by molar-refractivity contribution is 0.0935. The number of carbonyl (C=O) groups is 1. The molecule has 5 nitrogen and oxygen atoms in total. The van der Waals surface area contributed by atoms with Gasteiger partial charge in [0.2, 0.25) is 0 Å². The van der Waals surface area contributed by atoms with E-state index in [0.29, 0.717) is 6.04 Å². The number of benzene rings is 1. The summed E-state index contributed by atoms with van der Waals surface area (Å²) in [6.07, 6.45) is 3.48. The summed E-state index contributed by atoms with van der Waals surface area (Å²) >= 11 is 0. The number of rotatable bonds is 3. The van der Waals surface area contributed by atoms with Gasteiger partial charge in [-0.3, -0.25) is 14.5 Å². The molecule has 0 radical (unpaired) electrons. The number of hydrogen-bond acceptors (Lipinski definition) is 3. The van der Waals surface area contributed by atoms with Crippen LogP contribution in [0, 0.1) is 0 Å². The second kappa shape index (κ2) is 6.30. The largest absolute Gasteiger partial charge is 0.348 e. The summed E-state index contributed by atoms with van der Waals surface area (Å²) in [5, 5.41) is 4.03. The van der Waals surface area contributed by atoms with Gasteiger partial charge in [-0.15, -0.1) is 0 Å². The summed E-state index contributed by atoms with van der Waals surface area (Å²) < 4.78 is 1.72. The van der Waals surface area contributed by atoms with Gasteiger partial charge in [0.05, 0.1) is 5.52 Å². The van der Waals surface area contributed by atoms with Crippen LogP contribution in [0.15, 0.2) is 35.1 Å². The lowest BCUT2D eigenvalue weighted by Crippen LogP contribution is -2.40. The highest BCUT2D eigenvalue weighted by Crippen LogP contribution is 2.27. The Morgan fingerprint density at radius 1 is 1.28 bits per heavy atom. The first-order chi connectivity index (χ1) is 12.0. The zero-order chi connectivity index (χ0) is 17.6. The SMILES string of the molecule is CC(C)n1c(=O)c(C(=O)N[C@H]2C[C@H]3CCCN3C2)cc2ccccc21. The van der Waals surface area contributed by atoms with E-state index in [1.807, 2.05) is 38.1 Å². The van der Waals surface area contributed by atoms with Gasteiger partial charge < -0.3 is 9.88 Å². The van der Waals surface area contributed by atoms with Crippen LogP contribution in [-0.2, 0) is 0 Å². The van der Waals surface area contributed by atoms with E-state index in [9.17, 15) is 9.59 Å². The average molecular weight is 339 g/mol. The fourth-order valence-electron chi connectivity index (χ4n) is 4.42. The summed E-state index contributed by atoms with van der Waals surface area (Å²) in [5.41, 5.74) is 0.921. The van der Waals surface area contributed by atoms with Gasteiger partial charge >= 0.3 is 0 Å². The summed E-state index contributed by atoms with van der Waals surface area (Å²) in [7, 11) is 0. The second-order valence-corrected chi connectivity index (χ2v) is 7.58. The first-order valence-corrected chi connectivity index (χ1v) is 9.24. The Morgan fingerprint density at radius 3 is 2.84 bits per heavy atom. The minimum atomic E-state index is -0.240. The number of hydrogen-bond donors (Lipinski definition) is 1. The number of pyridine rings is 1. The first kappa shape index (κ1) is 16.3. The molecule has 1 aromatic carbocycles. The minimum Gasteiger partial charge on any atom is -0.348 e. The summed E-state index contributed by atoms with van der Waals surface area (Å²) in [6.45, 7) is 5.98. The van der Waals surface area contributed by atoms with Crippen LogP contribution in [0.25, 0.3) is 10.9 Å². The lowest BCUT2D eigenvalue weighted by atomic mass is 10.1. The summed E-state index contributed by atoms with van der Waals surface area (Å²) in [4.78, 5) is 28.2. The van der Waals surface area contributed by atoms with Crippen LogP contribution in [0.1, 0.15) is 49.5 Å². The number of fused-ring (bicyclic) bond motifs is 2. The van der Waals surface area contributed by atoms with Crippen LogP contribution in [-0.4, -0.2) is 40.5 Å². The number of carbonyl (C=O) groups excluding carboxylic acids is 1. The molecule has 1 aromatic heterocycles. The molecule has 0 spiro atoms. The predicted octanol–water partition coefficient (Wildman–Crippen LogP) is 2.55. The fraction of sp³-hybridized carbons (Fsp3) is 0.500. The molecular formula is C20H25N3O2. The van der Waals surface area contributed by atoms with E-state index in [-0.39, 0.29) is 29.1 Å². The zero-order valence-corrected chi connectivity index (χ0v) is 14.9. The number of nitrogens with zero attached hydrogens (tertiary/aromatic N) is 2. The maximum Gasteiger partial charge on any atom is 0.264 e. The minimum absolute atomic E-state index is 0.00194. The van der Waals surface area contributed by atoms with Crippen LogP contribution in [0.5, 0.6) is 0 Å². The van der Waals surface area contributed by atoms with Crippen molar-refractivity contribution in [3.8, 4) is 0 Å². The first-order valence-electron chi connectivity index (χ1n) is 9.24. The van der Waals surface area contributed by atoms with Gasteiger partial charge in [-0.25, -0.2) is 0 Å². The molecule has 1 amide bonds. The molecule has 0 saturated carbocycles. The standard InChI is InChI=1S/C20H25N3O2/c1-13(2)23-18-8-4-3-6-14(18)10-17(20(23)25)19(24)21-15-11-16-7-5-9-22(16)12-15/h3-4,6,8,10,13,15-16H,5,7,9,11-12H2,1-2H3,(H,21,24)/t15-,16+/m0/s1. The van der Waals surface area contributed by atoms with E-state index in [2.05, 4.69) is 10.2 Å². The summed E-state index contributed by atoms with van der Waals surface area (Å²) in [5.74, 6) is -0.240. The van der Waals surface area contributed by atoms with Crippen molar-refractivity contribution in [3.63, 3.8) is 0 Å². The van der Waals surface area contributed by atoms with Crippen molar-refractivity contribution in [2.75, 3.05) is 13.1 Å². The Morgan fingerprint density at radius 2 is 2.08 bits per heavy atom. The fourth-order valence-corrected chi connectivity index (χ4v) is 4.42. The molecule has 0 aliphatic carbocycles. The maximum atomic E-state index is 12.9. The molecule has 0 bridgehead atoms. The molecule has 4 rings (SSSR count). The molecule has 2 aliphatic rings. The molecule has 1 N–H and O–H groups in total. The number of amides is 1. The second-order valence-electron chi connectivity index (χ2n) is 7.58. The van der Waals surface area contributed by atoms with E-state index >= 15 is 0 Å². The smallest absolute Gasteiger partial charge is 0.264 e. The molecule has 2 saturated heterocycles. The molecule has 132 valence electrons. The molecule has 0 unspecified atom stereocenters. The van der Waals surface area contributed by atoms with Crippen molar-refractivity contribution in [2.45, 2.75) is 51.2 Å². The molecular weight excluding hydrogens is 314 g/mol. The van der Waals surface area contributed by atoms with Crippen LogP contribution in [0.3, 0.4) is 0 Å². The van der Waals surface area contributed by atoms with Crippen molar-refractivity contribution in [1.82, 2.24) is 14.8 Å². The van der Waals surface area contributed by atoms with E-state index in [1.165, 1.54) is 12.8 Å². The van der Waals surface area contributed by atoms with Gasteiger partial charge in [0.1, 0.15) is 5.56 Å². The zero-order valence-electron chi connectivity index (χ0n) is 14.9. The van der Waals surface area contributed by atoms with Crippen molar-refractivity contribution < 1.29 is 4.79 Å². The Kier molecular flexibility index (Phi) is 4.12. The Balaban J connectivity index is 1.65. The normalized spacial score (nSPS) is 23.3. The number of para-hydroxylation sites is 1. The third-order valence-electron chi connectivity index (χ3n) is 5.55. The van der Waals surface area contributed by atoms with E-state index in [0.717, 1.165) is 30.4 Å². The highest BCUT2D eigenvalue weighted by molar-refractivity contribution is 5.97. The van der Waals surface area contributed by atoms with Gasteiger partial charge in [-0.05, 0) is 57.2 Å². The van der Waals surface area contributed by atoms with Crippen LogP contribution >= 0.6 is 0 Å². The van der Waals surface area contributed by atoms with Gasteiger partial charge in [-0.2, -0.15) is 0 Å². The van der Waals surface area contributed by atoms with Gasteiger partial charge in [0, 0.05) is 24.7 Å². The molecule has 2 fully saturated rings. The van der Waals surface area contributed by atoms with Crippen LogP contribution in [0.4, 0.5) is 0 Å². The van der Waals surface area contributed by atoms with Gasteiger partial charge in [0.25, 0.3) is 11.5 Å². The molecule has 3 heterocycles. The molecule has 25 heavy (non-hydrogen) atoms. The van der Waals surface area contributed by atoms with E-state index in [1.54, 1.807) is 10.6 Å². The van der Waals surface area contributed by atoms with Crippen LogP contribution in [0.2, 0.25) is 0 Å². The maximum absolute atomic E-state index is 12.9. The van der Waals surface area contributed by atoms with Crippen molar-refractivity contribution in [3.05, 3.63) is 46.2 Å². The number of nitrogens with one attached hydrogen (secondary N) is 1. The monoisotopic (exact) mass is 339 g/mol. The van der Waals surface area contributed by atoms with Crippen molar-refractivity contribution in [1.29, 1.82) is 0 Å². The van der Waals surface area contributed by atoms with Gasteiger partial charge in [-0.1, -0.05) is 18.2 Å². The summed E-state index contributed by atoms with van der Waals surface area (Å²) in [6, 6.07) is 10.2. The Bertz CT molecular complexity index is 859. The molecule has 2 aromatic rings. The quantitative estimate of drug-likeness (QED) is 0.935. The Labute approximate surface area is 147 Å². The third-order valence-corrected chi connectivity index (χ3v) is 5.55. The van der Waals surface area contributed by atoms with Crippen LogP contribution < -0.4 is 10.9 Å².